The number of hydrogen-bond donors (Lipinski definition) is 1. The molecule has 0 aliphatic heterocycles. The number of ether oxygens (including phenoxy) is 3. The van der Waals surface area contributed by atoms with Gasteiger partial charge < -0.3 is 19.5 Å². The first-order valence-electron chi connectivity index (χ1n) is 8.02. The number of amides is 1. The molecule has 138 valence electrons. The molecule has 0 bridgehead atoms. The molecule has 1 aromatic carbocycles. The monoisotopic (exact) mass is 376 g/mol. The second-order valence-electron chi connectivity index (χ2n) is 5.23. The average Bonchev–Trinajstić information content (AvgIpc) is 2.65. The van der Waals surface area contributed by atoms with E-state index in [1.807, 2.05) is 13.0 Å². The van der Waals surface area contributed by atoms with E-state index < -0.39 is 0 Å². The topological polar surface area (TPSA) is 69.7 Å². The Bertz CT molecular complexity index is 776. The Morgan fingerprint density at radius 1 is 1.27 bits per heavy atom. The molecule has 2 aromatic rings. The van der Waals surface area contributed by atoms with Crippen LogP contribution in [0, 0.1) is 0 Å². The van der Waals surface area contributed by atoms with E-state index in [-0.39, 0.29) is 5.91 Å². The number of pyridine rings is 1. The summed E-state index contributed by atoms with van der Waals surface area (Å²) >= 11 is 6.20. The predicted molar refractivity (Wildman–Crippen MR) is 101 cm³/mol. The number of methoxy groups -OCH3 is 2. The van der Waals surface area contributed by atoms with Crippen LogP contribution in [0.5, 0.6) is 17.4 Å². The zero-order valence-corrected chi connectivity index (χ0v) is 15.7. The molecule has 0 unspecified atom stereocenters. The molecule has 0 spiro atoms. The number of carbonyl (C=O) groups is 1. The van der Waals surface area contributed by atoms with Crippen molar-refractivity contribution < 1.29 is 19.0 Å². The van der Waals surface area contributed by atoms with Crippen LogP contribution >= 0.6 is 11.6 Å². The number of nitrogens with one attached hydrogen (secondary N) is 1. The van der Waals surface area contributed by atoms with Gasteiger partial charge in [-0.1, -0.05) is 17.7 Å². The van der Waals surface area contributed by atoms with Crippen LogP contribution in [-0.2, 0) is 11.3 Å². The molecule has 0 aliphatic carbocycles. The number of rotatable bonds is 8. The van der Waals surface area contributed by atoms with E-state index in [1.54, 1.807) is 37.6 Å². The van der Waals surface area contributed by atoms with Crippen LogP contribution in [0.15, 0.2) is 36.5 Å². The molecule has 2 rings (SSSR count). The second-order valence-corrected chi connectivity index (χ2v) is 5.63. The van der Waals surface area contributed by atoms with Crippen molar-refractivity contribution in [3.05, 3.63) is 52.7 Å². The van der Waals surface area contributed by atoms with Crippen molar-refractivity contribution in [1.82, 2.24) is 10.3 Å². The van der Waals surface area contributed by atoms with Crippen molar-refractivity contribution in [1.29, 1.82) is 0 Å². The molecular formula is C19H21ClN2O4. The Hall–Kier alpha value is -2.73. The van der Waals surface area contributed by atoms with Gasteiger partial charge in [0.15, 0.2) is 11.5 Å². The standard InChI is InChI=1S/C19H21ClN2O4/c1-4-26-16-10-13(9-15(20)19(16)25-3)5-7-17(23)21-11-14-6-8-18(24-2)22-12-14/h5-10,12H,4,11H2,1-3H3,(H,21,23)/b7-5+. The van der Waals surface area contributed by atoms with Gasteiger partial charge in [-0.3, -0.25) is 4.79 Å². The predicted octanol–water partition coefficient (Wildman–Crippen LogP) is 3.48. The summed E-state index contributed by atoms with van der Waals surface area (Å²) < 4.78 is 15.8. The molecule has 7 heteroatoms. The van der Waals surface area contributed by atoms with Gasteiger partial charge in [0, 0.05) is 24.9 Å². The quantitative estimate of drug-likeness (QED) is 0.714. The van der Waals surface area contributed by atoms with Gasteiger partial charge in [-0.15, -0.1) is 0 Å². The lowest BCUT2D eigenvalue weighted by Gasteiger charge is -2.11. The first-order chi connectivity index (χ1) is 12.6. The summed E-state index contributed by atoms with van der Waals surface area (Å²) in [5.74, 6) is 1.31. The minimum absolute atomic E-state index is 0.231. The minimum Gasteiger partial charge on any atom is -0.491 e. The van der Waals surface area contributed by atoms with Gasteiger partial charge in [-0.05, 0) is 36.3 Å². The molecule has 1 N–H and O–H groups in total. The van der Waals surface area contributed by atoms with Crippen molar-refractivity contribution in [3.8, 4) is 17.4 Å². The summed E-state index contributed by atoms with van der Waals surface area (Å²) in [6, 6.07) is 7.06. The van der Waals surface area contributed by atoms with Crippen molar-refractivity contribution in [2.24, 2.45) is 0 Å². The molecule has 0 saturated heterocycles. The molecule has 0 fully saturated rings. The fourth-order valence-corrected chi connectivity index (χ4v) is 2.50. The second kappa shape index (κ2) is 9.68. The largest absolute Gasteiger partial charge is 0.491 e. The van der Waals surface area contributed by atoms with E-state index in [1.165, 1.54) is 13.2 Å². The molecule has 1 heterocycles. The summed E-state index contributed by atoms with van der Waals surface area (Å²) in [5.41, 5.74) is 1.61. The maximum Gasteiger partial charge on any atom is 0.244 e. The fourth-order valence-electron chi connectivity index (χ4n) is 2.20. The normalized spacial score (nSPS) is 10.6. The van der Waals surface area contributed by atoms with E-state index in [9.17, 15) is 4.79 Å². The molecule has 0 aliphatic rings. The van der Waals surface area contributed by atoms with Crippen molar-refractivity contribution >= 4 is 23.6 Å². The molecule has 1 amide bonds. The molecular weight excluding hydrogens is 356 g/mol. The van der Waals surface area contributed by atoms with Gasteiger partial charge in [-0.2, -0.15) is 0 Å². The van der Waals surface area contributed by atoms with E-state index >= 15 is 0 Å². The first-order valence-corrected chi connectivity index (χ1v) is 8.40. The summed E-state index contributed by atoms with van der Waals surface area (Å²) in [4.78, 5) is 16.1. The van der Waals surface area contributed by atoms with Crippen LogP contribution in [-0.4, -0.2) is 31.7 Å². The molecule has 6 nitrogen and oxygen atoms in total. The Kier molecular flexibility index (Phi) is 7.29. The van der Waals surface area contributed by atoms with Crippen LogP contribution < -0.4 is 19.5 Å². The Morgan fingerprint density at radius 3 is 2.69 bits per heavy atom. The number of carbonyl (C=O) groups excluding carboxylic acids is 1. The van der Waals surface area contributed by atoms with Gasteiger partial charge in [0.05, 0.1) is 25.8 Å². The Morgan fingerprint density at radius 2 is 2.08 bits per heavy atom. The third-order valence-electron chi connectivity index (χ3n) is 3.44. The zero-order chi connectivity index (χ0) is 18.9. The maximum atomic E-state index is 12.0. The Balaban J connectivity index is 2.00. The van der Waals surface area contributed by atoms with E-state index in [4.69, 9.17) is 25.8 Å². The van der Waals surface area contributed by atoms with Crippen LogP contribution in [0.2, 0.25) is 5.02 Å². The molecule has 26 heavy (non-hydrogen) atoms. The minimum atomic E-state index is -0.231. The summed E-state index contributed by atoms with van der Waals surface area (Å²) in [6.07, 6.45) is 4.75. The van der Waals surface area contributed by atoms with Gasteiger partial charge >= 0.3 is 0 Å². The van der Waals surface area contributed by atoms with Crippen LogP contribution in [0.25, 0.3) is 6.08 Å². The van der Waals surface area contributed by atoms with Crippen LogP contribution in [0.3, 0.4) is 0 Å². The summed E-state index contributed by atoms with van der Waals surface area (Å²) in [6.45, 7) is 2.72. The van der Waals surface area contributed by atoms with Crippen molar-refractivity contribution in [2.45, 2.75) is 13.5 Å². The summed E-state index contributed by atoms with van der Waals surface area (Å²) in [5, 5.41) is 3.21. The summed E-state index contributed by atoms with van der Waals surface area (Å²) in [7, 11) is 3.08. The first kappa shape index (κ1) is 19.6. The number of nitrogens with zero attached hydrogens (tertiary/aromatic N) is 1. The van der Waals surface area contributed by atoms with Gasteiger partial charge in [0.2, 0.25) is 11.8 Å². The van der Waals surface area contributed by atoms with E-state index in [0.717, 1.165) is 11.1 Å². The van der Waals surface area contributed by atoms with E-state index in [0.29, 0.717) is 35.6 Å². The van der Waals surface area contributed by atoms with Gasteiger partial charge in [-0.25, -0.2) is 4.98 Å². The smallest absolute Gasteiger partial charge is 0.244 e. The highest BCUT2D eigenvalue weighted by atomic mass is 35.5. The Labute approximate surface area is 157 Å². The highest BCUT2D eigenvalue weighted by Gasteiger charge is 2.10. The molecule has 1 aromatic heterocycles. The third kappa shape index (κ3) is 5.39. The number of halogens is 1. The zero-order valence-electron chi connectivity index (χ0n) is 14.9. The number of benzene rings is 1. The lowest BCUT2D eigenvalue weighted by molar-refractivity contribution is -0.116. The average molecular weight is 377 g/mol. The van der Waals surface area contributed by atoms with E-state index in [2.05, 4.69) is 10.3 Å². The fraction of sp³-hybridized carbons (Fsp3) is 0.263. The highest BCUT2D eigenvalue weighted by molar-refractivity contribution is 6.32. The van der Waals surface area contributed by atoms with Crippen molar-refractivity contribution in [3.63, 3.8) is 0 Å². The highest BCUT2D eigenvalue weighted by Crippen LogP contribution is 2.36. The number of aromatic nitrogens is 1. The molecule has 0 radical (unpaired) electrons. The third-order valence-corrected chi connectivity index (χ3v) is 3.72. The van der Waals surface area contributed by atoms with Gasteiger partial charge in [0.1, 0.15) is 0 Å². The molecule has 0 saturated carbocycles. The number of hydrogen-bond acceptors (Lipinski definition) is 5. The van der Waals surface area contributed by atoms with Crippen molar-refractivity contribution in [2.75, 3.05) is 20.8 Å². The maximum absolute atomic E-state index is 12.0. The SMILES string of the molecule is CCOc1cc(/C=C/C(=O)NCc2ccc(OC)nc2)cc(Cl)c1OC. The lowest BCUT2D eigenvalue weighted by Crippen LogP contribution is -2.20. The lowest BCUT2D eigenvalue weighted by atomic mass is 10.2. The molecule has 0 atom stereocenters. The van der Waals surface area contributed by atoms with Crippen LogP contribution in [0.4, 0.5) is 0 Å². The van der Waals surface area contributed by atoms with Gasteiger partial charge in [0.25, 0.3) is 0 Å². The van der Waals surface area contributed by atoms with Crippen LogP contribution in [0.1, 0.15) is 18.1 Å².